The number of ether oxygens (including phenoxy) is 1. The quantitative estimate of drug-likeness (QED) is 0.00706. The lowest BCUT2D eigenvalue weighted by atomic mass is 9.81. The monoisotopic (exact) mass is 1960 g/mol. The number of anilines is 3. The number of halogens is 2. The summed E-state index contributed by atoms with van der Waals surface area (Å²) in [6, 6.07) is 43.6. The summed E-state index contributed by atoms with van der Waals surface area (Å²) < 4.78 is 209. The molecule has 1 atom stereocenters. The molecule has 37 heteroatoms. The maximum atomic E-state index is 15.9. The molecule has 0 spiro atoms. The number of allylic oxidation sites excluding steroid dienone is 6. The molecule has 1 aliphatic carbocycles. The first-order chi connectivity index (χ1) is 65.0. The van der Waals surface area contributed by atoms with Crippen LogP contribution >= 0.6 is 0 Å². The molecule has 0 unspecified atom stereocenters. The Hall–Kier alpha value is -12.4. The number of nitrogens with two attached hydrogens (primary N) is 1. The molecule has 137 heavy (non-hydrogen) atoms. The van der Waals surface area contributed by atoms with Gasteiger partial charge in [0.15, 0.2) is 45.3 Å². The minimum absolute atomic E-state index is 0.00207. The van der Waals surface area contributed by atoms with Crippen molar-refractivity contribution in [1.82, 2.24) is 34.5 Å². The Kier molecular flexibility index (Phi) is 28.0. The third-order valence-electron chi connectivity index (χ3n) is 26.4. The normalized spacial score (nSPS) is 16.6. The van der Waals surface area contributed by atoms with Crippen molar-refractivity contribution in [3.63, 3.8) is 0 Å². The lowest BCUT2D eigenvalue weighted by molar-refractivity contribution is -0.401. The Balaban J connectivity index is 0.505. The van der Waals surface area contributed by atoms with Crippen LogP contribution in [-0.2, 0) is 101 Å². The van der Waals surface area contributed by atoms with Crippen LogP contribution in [0.1, 0.15) is 142 Å². The number of benzene rings is 9. The number of Topliss-reactive ketones (excluding diaryl/α,β-unsaturated/α-hetero) is 2. The first-order valence-electron chi connectivity index (χ1n) is 45.1. The van der Waals surface area contributed by atoms with Gasteiger partial charge in [-0.2, -0.15) is 38.7 Å². The van der Waals surface area contributed by atoms with Gasteiger partial charge in [0.1, 0.15) is 36.5 Å². The van der Waals surface area contributed by atoms with Gasteiger partial charge >= 0.3 is 0 Å². The second kappa shape index (κ2) is 39.2. The average molecular weight is 1960 g/mol. The molecule has 30 nitrogen and oxygen atoms in total. The molecule has 9 aromatic rings. The van der Waals surface area contributed by atoms with Gasteiger partial charge in [-0.15, -0.1) is 5.10 Å². The Labute approximate surface area is 793 Å². The van der Waals surface area contributed by atoms with Gasteiger partial charge in [-0.3, -0.25) is 32.8 Å². The number of sulfonamides is 1. The van der Waals surface area contributed by atoms with Crippen molar-refractivity contribution in [2.75, 3.05) is 69.0 Å². The summed E-state index contributed by atoms with van der Waals surface area (Å²) in [6.07, 6.45) is 17.3. The first kappa shape index (κ1) is 97.6. The molecular weight excluding hydrogens is 1860 g/mol. The minimum atomic E-state index is -4.47. The van der Waals surface area contributed by atoms with Crippen molar-refractivity contribution in [3.05, 3.63) is 268 Å². The Morgan fingerprint density at radius 1 is 0.657 bits per heavy atom. The molecule has 7 aliphatic rings. The maximum absolute atomic E-state index is 15.9. The minimum Gasteiger partial charge on any atom is -0.480 e. The van der Waals surface area contributed by atoms with Crippen molar-refractivity contribution in [3.8, 4) is 33.9 Å². The molecular formula is C100H105F2N11O19S5+2. The van der Waals surface area contributed by atoms with Crippen LogP contribution in [0.5, 0.6) is 5.75 Å². The molecule has 2 amide bonds. The van der Waals surface area contributed by atoms with E-state index in [0.29, 0.717) is 138 Å². The number of carbonyl (C=O) groups is 4. The number of nitrogens with one attached hydrogen (secondary N) is 2. The van der Waals surface area contributed by atoms with E-state index in [4.69, 9.17) is 14.9 Å². The van der Waals surface area contributed by atoms with Crippen LogP contribution < -0.4 is 40.8 Å². The largest absolute Gasteiger partial charge is 0.480 e. The van der Waals surface area contributed by atoms with Gasteiger partial charge in [-0.05, 0) is 223 Å². The second-order valence-electron chi connectivity index (χ2n) is 36.2. The molecule has 716 valence electrons. The van der Waals surface area contributed by atoms with E-state index in [2.05, 4.69) is 25.8 Å². The zero-order chi connectivity index (χ0) is 97.6. The van der Waals surface area contributed by atoms with Gasteiger partial charge < -0.3 is 35.3 Å². The lowest BCUT2D eigenvalue weighted by Crippen LogP contribution is -2.43. The van der Waals surface area contributed by atoms with E-state index in [0.717, 1.165) is 57.4 Å². The highest BCUT2D eigenvalue weighted by Crippen LogP contribution is 2.51. The highest BCUT2D eigenvalue weighted by molar-refractivity contribution is 7.90. The number of aryl methyl sites for hydroxylation is 1. The van der Waals surface area contributed by atoms with Crippen molar-refractivity contribution in [2.45, 2.75) is 165 Å². The van der Waals surface area contributed by atoms with E-state index >= 15 is 17.2 Å². The van der Waals surface area contributed by atoms with Crippen LogP contribution in [0.15, 0.2) is 241 Å². The summed E-state index contributed by atoms with van der Waals surface area (Å²) in [6.45, 7) is 9.11. The number of hydrogen-bond donors (Lipinski definition) is 6. The highest BCUT2D eigenvalue weighted by atomic mass is 32.2. The molecule has 7 heterocycles. The van der Waals surface area contributed by atoms with E-state index in [-0.39, 0.29) is 112 Å². The van der Waals surface area contributed by atoms with E-state index in [1.165, 1.54) is 63.8 Å². The van der Waals surface area contributed by atoms with E-state index in [1.54, 1.807) is 72.9 Å². The zero-order valence-corrected chi connectivity index (χ0v) is 80.2. The summed E-state index contributed by atoms with van der Waals surface area (Å²) in [5.74, 6) is -4.79. The standard InChI is InChI=1S/C100H103F2N11O19S5/c1-99(2)79-59-75(137(128,129)130)34-39-86(79)108(5)93(99)26-9-7-10-27-94-100(3,4)80-58-72(133(6,118)119)31-40-87(80)112(94)46-16-8-11-28-95(116)104-60-68-61-113(107-106-68)71-21-18-20-67(53-71)98(117)105-83(23-14-15-45-103)89(115)62-131-97-81(101)51-63(52-82(97)102)19-17-24-88(114)64-41-47-109(48-42-64)134(120,121)92-25-13-12-22-78(92)96-76-35-29-69(110-49-43-65-54-73(135(122,123)124)32-37-84(65)110)56-90(76)132-91-57-70(30-36-77(91)96)111-50-44-66-55-74(136(125,126)127)33-38-85(66)111/h7,9-10,12-13,18,20-22,25-27,29-40,51-59,61,64,83H,8,11,14-17,19,23-24,28,41-50,60,62,103H2,1-6H3,(H3-2,104,105,116,117,122,123,124,125,126,127,128,129,130)/p+2/t83-/m0/s1. The van der Waals surface area contributed by atoms with Gasteiger partial charge in [0.05, 0.1) is 60.4 Å². The number of aromatic nitrogens is 3. The van der Waals surface area contributed by atoms with Crippen LogP contribution in [-0.4, -0.2) is 174 Å². The topological polar surface area (TPSA) is 419 Å². The van der Waals surface area contributed by atoms with Gasteiger partial charge in [-0.1, -0.05) is 68.0 Å². The van der Waals surface area contributed by atoms with Gasteiger partial charge in [0.2, 0.25) is 32.7 Å². The molecule has 7 N–H and O–H groups in total. The van der Waals surface area contributed by atoms with Crippen molar-refractivity contribution >= 4 is 119 Å². The highest BCUT2D eigenvalue weighted by Gasteiger charge is 2.45. The summed E-state index contributed by atoms with van der Waals surface area (Å²) in [4.78, 5) is 58.9. The predicted molar refractivity (Wildman–Crippen MR) is 514 cm³/mol. The zero-order valence-electron chi connectivity index (χ0n) is 76.2. The molecule has 16 rings (SSSR count). The number of rotatable bonds is 35. The Bertz CT molecular complexity index is 7490. The fourth-order valence-corrected chi connectivity index (χ4v) is 23.1. The Morgan fingerprint density at radius 2 is 1.35 bits per heavy atom. The Morgan fingerprint density at radius 3 is 2.08 bits per heavy atom. The van der Waals surface area contributed by atoms with Gasteiger partial charge in [0, 0.05) is 155 Å². The predicted octanol–water partition coefficient (Wildman–Crippen LogP) is 14.1. The SMILES string of the molecule is C[N+]1=C(/C=C/C=C/C=C2\N(CCCCCC(=O)NCc3cn(-c4cccc(C(=O)N[C@@H](CCCCN)C(=O)COc5c(F)cc(CCCC(=O)C6CCN(S(=O)(=O)c7ccccc7-c7c8ccc(=[N+]9CCc%10cc(S(=O)(=O)O)ccc%109)cc-8oc8cc(N9CCc%10cc(S(=O)(=O)O)ccc%109)ccc78)CC6)cc5F)c4)nn3)c3ccc(S(C)(=O)=O)cc3C2(C)C)C(C)(C)c2cc(S(=O)(=O)O)ccc21. The van der Waals surface area contributed by atoms with Crippen LogP contribution in [0.3, 0.4) is 0 Å². The third kappa shape index (κ3) is 20.8. The fraction of sp³-hybridized carbons (Fsp3) is 0.320. The number of hydrogen-bond acceptors (Lipinski definition) is 21. The summed E-state index contributed by atoms with van der Waals surface area (Å²) >= 11 is 0. The lowest BCUT2D eigenvalue weighted by Gasteiger charge is -2.31. The van der Waals surface area contributed by atoms with E-state index < -0.39 is 109 Å². The number of sulfone groups is 1. The molecule has 0 bridgehead atoms. The molecule has 1 fully saturated rings. The summed E-state index contributed by atoms with van der Waals surface area (Å²) in [7, 11) is -19.3. The van der Waals surface area contributed by atoms with Crippen molar-refractivity contribution < 1.29 is 97.4 Å². The van der Waals surface area contributed by atoms with Crippen LogP contribution in [0.4, 0.5) is 37.2 Å². The van der Waals surface area contributed by atoms with Crippen LogP contribution in [0.25, 0.3) is 39.1 Å². The number of ketones is 2. The number of amides is 2. The van der Waals surface area contributed by atoms with Gasteiger partial charge in [0.25, 0.3) is 36.3 Å². The van der Waals surface area contributed by atoms with E-state index in [1.807, 2.05) is 122 Å². The number of fused-ring (bicyclic) bond motifs is 6. The fourth-order valence-electron chi connectivity index (χ4n) is 19.2. The van der Waals surface area contributed by atoms with Crippen molar-refractivity contribution in [2.24, 2.45) is 11.7 Å². The molecule has 8 aromatic carbocycles. The molecule has 1 aromatic heterocycles. The number of carbonyl (C=O) groups excluding carboxylic acids is 4. The van der Waals surface area contributed by atoms with Gasteiger partial charge in [-0.25, -0.2) is 30.3 Å². The smallest absolute Gasteiger partial charge is 0.294 e. The number of piperidine rings is 1. The van der Waals surface area contributed by atoms with Crippen LogP contribution in [0, 0.1) is 17.6 Å². The maximum Gasteiger partial charge on any atom is 0.294 e. The summed E-state index contributed by atoms with van der Waals surface area (Å²) in [5, 5.41) is 15.4. The van der Waals surface area contributed by atoms with E-state index in [9.17, 15) is 66.5 Å². The third-order valence-corrected chi connectivity index (χ3v) is 32.0. The first-order valence-corrected chi connectivity index (χ1v) is 52.8. The molecule has 6 aliphatic heterocycles. The van der Waals surface area contributed by atoms with Crippen molar-refractivity contribution in [1.29, 1.82) is 0 Å². The number of unbranched alkanes of at least 4 members (excludes halogenated alkanes) is 3. The summed E-state index contributed by atoms with van der Waals surface area (Å²) in [5.41, 5.74) is 16.4. The molecule has 1 saturated heterocycles. The molecule has 0 radical (unpaired) electrons. The molecule has 0 saturated carbocycles. The van der Waals surface area contributed by atoms with Crippen LogP contribution in [0.2, 0.25) is 0 Å². The average Bonchev–Trinajstić information content (AvgIpc) is 1.73. The number of nitrogens with zero attached hydrogens (tertiary/aromatic N) is 8. The second-order valence-corrected chi connectivity index (χ2v) is 44.3.